The highest BCUT2D eigenvalue weighted by molar-refractivity contribution is 4.96. The van der Waals surface area contributed by atoms with Crippen LogP contribution in [0, 0.1) is 5.92 Å². The molecule has 0 aromatic rings. The molecule has 0 amide bonds. The third-order valence-electron chi connectivity index (χ3n) is 3.64. The van der Waals surface area contributed by atoms with Gasteiger partial charge in [0.1, 0.15) is 0 Å². The summed E-state index contributed by atoms with van der Waals surface area (Å²) < 4.78 is 0. The molecule has 3 heteroatoms. The van der Waals surface area contributed by atoms with E-state index in [-0.39, 0.29) is 0 Å². The van der Waals surface area contributed by atoms with Crippen LogP contribution in [0.3, 0.4) is 0 Å². The summed E-state index contributed by atoms with van der Waals surface area (Å²) in [6.45, 7) is 0. The summed E-state index contributed by atoms with van der Waals surface area (Å²) in [4.78, 5) is 2.24. The van der Waals surface area contributed by atoms with Crippen molar-refractivity contribution in [1.82, 2.24) is 10.2 Å². The van der Waals surface area contributed by atoms with E-state index in [4.69, 9.17) is 5.73 Å². The lowest BCUT2D eigenvalue weighted by molar-refractivity contribution is 0.128. The van der Waals surface area contributed by atoms with Gasteiger partial charge in [-0.3, -0.25) is 10.2 Å². The molecule has 1 saturated carbocycles. The van der Waals surface area contributed by atoms with E-state index in [2.05, 4.69) is 24.3 Å². The summed E-state index contributed by atoms with van der Waals surface area (Å²) in [5.41, 5.74) is 6.18. The minimum absolute atomic E-state index is 0.418. The van der Waals surface area contributed by atoms with E-state index >= 15 is 0 Å². The predicted octanol–water partition coefficient (Wildman–Crippen LogP) is 0.363. The summed E-state index contributed by atoms with van der Waals surface area (Å²) in [7, 11) is 4.25. The maximum absolute atomic E-state index is 6.18. The predicted molar refractivity (Wildman–Crippen MR) is 54.3 cm³/mol. The van der Waals surface area contributed by atoms with Crippen molar-refractivity contribution < 1.29 is 0 Å². The molecule has 0 radical (unpaired) electrons. The molecule has 4 atom stereocenters. The lowest BCUT2D eigenvalue weighted by atomic mass is 9.87. The van der Waals surface area contributed by atoms with Crippen LogP contribution in [0.25, 0.3) is 0 Å². The Kier molecular flexibility index (Phi) is 2.58. The van der Waals surface area contributed by atoms with E-state index in [0.717, 1.165) is 12.3 Å². The highest BCUT2D eigenvalue weighted by atomic mass is 15.3. The van der Waals surface area contributed by atoms with Crippen molar-refractivity contribution in [2.45, 2.75) is 43.9 Å². The lowest BCUT2D eigenvalue weighted by Crippen LogP contribution is -2.58. The second-order valence-corrected chi connectivity index (χ2v) is 4.75. The Labute approximate surface area is 80.7 Å². The average Bonchev–Trinajstić information content (AvgIpc) is 2.51. The third-order valence-corrected chi connectivity index (χ3v) is 3.64. The number of nitrogens with zero attached hydrogens (tertiary/aromatic N) is 1. The van der Waals surface area contributed by atoms with Gasteiger partial charge < -0.3 is 5.73 Å². The minimum Gasteiger partial charge on any atom is -0.327 e. The van der Waals surface area contributed by atoms with Gasteiger partial charge in [-0.2, -0.15) is 0 Å². The van der Waals surface area contributed by atoms with Crippen LogP contribution < -0.4 is 11.1 Å². The Balaban J connectivity index is 2.01. The zero-order valence-corrected chi connectivity index (χ0v) is 8.66. The molecule has 2 aliphatic rings. The van der Waals surface area contributed by atoms with Crippen LogP contribution in [0.1, 0.15) is 25.7 Å². The van der Waals surface area contributed by atoms with Crippen LogP contribution in [-0.2, 0) is 0 Å². The minimum atomic E-state index is 0.418. The molecular weight excluding hydrogens is 162 g/mol. The number of hydrogen-bond donors (Lipinski definition) is 2. The van der Waals surface area contributed by atoms with Crippen LogP contribution in [-0.4, -0.2) is 37.2 Å². The van der Waals surface area contributed by atoms with Gasteiger partial charge in [-0.15, -0.1) is 0 Å². The molecule has 1 aliphatic carbocycles. The Morgan fingerprint density at radius 1 is 1.31 bits per heavy atom. The number of nitrogens with one attached hydrogen (secondary N) is 1. The fourth-order valence-electron chi connectivity index (χ4n) is 2.82. The van der Waals surface area contributed by atoms with E-state index in [9.17, 15) is 0 Å². The Hall–Kier alpha value is -0.120. The summed E-state index contributed by atoms with van der Waals surface area (Å²) >= 11 is 0. The van der Waals surface area contributed by atoms with Crippen molar-refractivity contribution in [3.63, 3.8) is 0 Å². The topological polar surface area (TPSA) is 41.3 Å². The van der Waals surface area contributed by atoms with Gasteiger partial charge in [-0.1, -0.05) is 6.42 Å². The van der Waals surface area contributed by atoms with Crippen LogP contribution in [0.15, 0.2) is 0 Å². The summed E-state index contributed by atoms with van der Waals surface area (Å²) in [6, 6.07) is 1.11. The Morgan fingerprint density at radius 2 is 2.08 bits per heavy atom. The van der Waals surface area contributed by atoms with Gasteiger partial charge >= 0.3 is 0 Å². The zero-order chi connectivity index (χ0) is 9.42. The summed E-state index contributed by atoms with van der Waals surface area (Å²) in [6.07, 6.45) is 5.61. The third kappa shape index (κ3) is 1.73. The van der Waals surface area contributed by atoms with Gasteiger partial charge in [0.2, 0.25) is 0 Å². The largest absolute Gasteiger partial charge is 0.327 e. The first-order valence-electron chi connectivity index (χ1n) is 5.36. The van der Waals surface area contributed by atoms with Gasteiger partial charge in [0.15, 0.2) is 0 Å². The number of fused-ring (bicyclic) bond motifs is 1. The first-order valence-corrected chi connectivity index (χ1v) is 5.36. The molecule has 0 bridgehead atoms. The molecule has 13 heavy (non-hydrogen) atoms. The van der Waals surface area contributed by atoms with Crippen molar-refractivity contribution in [3.8, 4) is 0 Å². The zero-order valence-electron chi connectivity index (χ0n) is 8.66. The number of hydrogen-bond acceptors (Lipinski definition) is 3. The molecule has 3 N–H and O–H groups in total. The van der Waals surface area contributed by atoms with Crippen molar-refractivity contribution in [1.29, 1.82) is 0 Å². The number of piperidine rings is 1. The van der Waals surface area contributed by atoms with E-state index in [1.807, 2.05) is 0 Å². The fourth-order valence-corrected chi connectivity index (χ4v) is 2.82. The second-order valence-electron chi connectivity index (χ2n) is 4.75. The second kappa shape index (κ2) is 3.56. The van der Waals surface area contributed by atoms with Crippen LogP contribution in [0.5, 0.6) is 0 Å². The molecular formula is C10H21N3. The molecule has 76 valence electrons. The Bertz CT molecular complexity index is 181. The molecule has 0 aromatic carbocycles. The average molecular weight is 183 g/mol. The monoisotopic (exact) mass is 183 g/mol. The smallest absolute Gasteiger partial charge is 0.0609 e. The van der Waals surface area contributed by atoms with Crippen molar-refractivity contribution >= 4 is 0 Å². The van der Waals surface area contributed by atoms with Crippen LogP contribution in [0.4, 0.5) is 0 Å². The molecule has 1 saturated heterocycles. The van der Waals surface area contributed by atoms with Crippen LogP contribution >= 0.6 is 0 Å². The maximum atomic E-state index is 6.18. The molecule has 1 aliphatic heterocycles. The lowest BCUT2D eigenvalue weighted by Gasteiger charge is -2.40. The fraction of sp³-hybridized carbons (Fsp3) is 1.00. The van der Waals surface area contributed by atoms with Crippen molar-refractivity contribution in [2.24, 2.45) is 11.7 Å². The molecule has 3 nitrogen and oxygen atoms in total. The quantitative estimate of drug-likeness (QED) is 0.617. The van der Waals surface area contributed by atoms with E-state index in [1.54, 1.807) is 0 Å². The molecule has 0 aromatic heterocycles. The summed E-state index contributed by atoms with van der Waals surface area (Å²) in [5.74, 6) is 0.746. The van der Waals surface area contributed by atoms with Gasteiger partial charge in [0, 0.05) is 12.1 Å². The van der Waals surface area contributed by atoms with Crippen molar-refractivity contribution in [3.05, 3.63) is 0 Å². The molecule has 1 heterocycles. The van der Waals surface area contributed by atoms with E-state index in [0.29, 0.717) is 18.2 Å². The van der Waals surface area contributed by atoms with Gasteiger partial charge in [-0.05, 0) is 39.3 Å². The molecule has 4 unspecified atom stereocenters. The molecule has 2 fully saturated rings. The highest BCUT2D eigenvalue weighted by Gasteiger charge is 2.38. The van der Waals surface area contributed by atoms with E-state index in [1.165, 1.54) is 19.3 Å². The van der Waals surface area contributed by atoms with Crippen LogP contribution in [0.2, 0.25) is 0 Å². The normalized spacial score (nSPS) is 45.2. The maximum Gasteiger partial charge on any atom is 0.0609 e. The number of nitrogens with two attached hydrogens (primary N) is 1. The summed E-state index contributed by atoms with van der Waals surface area (Å²) in [5, 5.41) is 3.69. The first kappa shape index (κ1) is 9.44. The Morgan fingerprint density at radius 3 is 2.77 bits per heavy atom. The highest BCUT2D eigenvalue weighted by Crippen LogP contribution is 2.33. The standard InChI is InChI=1S/C10H21N3/c1-13(2)10-6-8(11)7-4-3-5-9(7)12-10/h7-10,12H,3-6,11H2,1-2H3. The molecule has 2 rings (SSSR count). The van der Waals surface area contributed by atoms with Gasteiger partial charge in [0.05, 0.1) is 6.17 Å². The molecule has 0 spiro atoms. The van der Waals surface area contributed by atoms with Gasteiger partial charge in [0.25, 0.3) is 0 Å². The number of rotatable bonds is 1. The first-order chi connectivity index (χ1) is 6.18. The van der Waals surface area contributed by atoms with E-state index < -0.39 is 0 Å². The SMILES string of the molecule is CN(C)C1CC(N)C2CCCC2N1. The van der Waals surface area contributed by atoms with Crippen molar-refractivity contribution in [2.75, 3.05) is 14.1 Å². The van der Waals surface area contributed by atoms with Gasteiger partial charge in [-0.25, -0.2) is 0 Å².